The molecule has 1 N–H and O–H groups in total. The van der Waals surface area contributed by atoms with Gasteiger partial charge in [0.1, 0.15) is 11.4 Å². The number of Topliss-reactive ketones (excluding diaryl/α,β-unsaturated/α-hetero) is 1. The number of carbonyl (C=O) groups excluding carboxylic acids is 1. The molecule has 0 saturated heterocycles. The largest absolute Gasteiger partial charge is 0.478 e. The predicted octanol–water partition coefficient (Wildman–Crippen LogP) is 12.2. The van der Waals surface area contributed by atoms with E-state index in [4.69, 9.17) is 4.98 Å². The number of anilines is 1. The van der Waals surface area contributed by atoms with Crippen LogP contribution in [-0.2, 0) is 0 Å². The minimum atomic E-state index is -0.877. The van der Waals surface area contributed by atoms with Crippen LogP contribution in [0.2, 0.25) is 0 Å². The number of allylic oxidation sites excluding steroid dienone is 2. The molecule has 7 nitrogen and oxygen atoms in total. The van der Waals surface area contributed by atoms with Gasteiger partial charge in [-0.05, 0) is 162 Å². The Morgan fingerprint density at radius 1 is 0.814 bits per heavy atom. The molecule has 0 radical (unpaired) electrons. The van der Waals surface area contributed by atoms with Gasteiger partial charge in [0.05, 0.1) is 17.8 Å². The number of thiazole rings is 1. The second-order valence-corrected chi connectivity index (χ2v) is 21.5. The van der Waals surface area contributed by atoms with Crippen molar-refractivity contribution in [1.29, 1.82) is 0 Å². The maximum absolute atomic E-state index is 14.3. The first kappa shape index (κ1) is 40.2. The first-order chi connectivity index (χ1) is 28.1. The molecule has 4 saturated carbocycles. The van der Waals surface area contributed by atoms with E-state index in [0.717, 1.165) is 47.8 Å². The summed E-state index contributed by atoms with van der Waals surface area (Å²) in [5, 5.41) is 12.6. The third-order valence-electron chi connectivity index (χ3n) is 17.8. The van der Waals surface area contributed by atoms with Gasteiger partial charge in [-0.3, -0.25) is 14.8 Å². The van der Waals surface area contributed by atoms with E-state index in [1.807, 2.05) is 54.7 Å². The molecular formula is C51H62N4O3S. The van der Waals surface area contributed by atoms with Crippen molar-refractivity contribution in [2.75, 3.05) is 11.4 Å². The number of ketones is 1. The van der Waals surface area contributed by atoms with E-state index in [1.54, 1.807) is 29.7 Å². The van der Waals surface area contributed by atoms with Crippen LogP contribution >= 0.6 is 11.3 Å². The van der Waals surface area contributed by atoms with E-state index in [2.05, 4.69) is 74.8 Å². The summed E-state index contributed by atoms with van der Waals surface area (Å²) in [4.78, 5) is 43.0. The van der Waals surface area contributed by atoms with Gasteiger partial charge in [0.2, 0.25) is 0 Å². The molecule has 0 bridgehead atoms. The number of benzene rings is 1. The number of hydrogen-bond acceptors (Lipinski definition) is 7. The standard InChI is InChI=1S/C51H62N4O3S/c1-32(2)35-20-25-51(55(30-41(56)39-13-9-11-29-53-39)46-54-40(31-59-46)38-12-8-10-28-52-38)27-26-49(6)37(44(35)51)18-19-43-48(5)23-21-36(33-14-16-34(17-15-33)45(57)58)47(3,4)42(48)22-24-50(43,49)7/h8-17,21,28-29,31-32,35,37,42-44H,18-20,22-27,30H2,1-7H3,(H,57,58)/t35-,37+,42-,43+,44+,48-,49+,50+,51-/m0/s1. The van der Waals surface area contributed by atoms with Crippen molar-refractivity contribution in [2.24, 2.45) is 57.2 Å². The second kappa shape index (κ2) is 14.5. The normalized spacial score (nSPS) is 34.5. The van der Waals surface area contributed by atoms with E-state index < -0.39 is 5.97 Å². The molecule has 59 heavy (non-hydrogen) atoms. The van der Waals surface area contributed by atoms with Crippen LogP contribution < -0.4 is 4.90 Å². The summed E-state index contributed by atoms with van der Waals surface area (Å²) in [6, 6.07) is 19.2. The zero-order valence-corrected chi connectivity index (χ0v) is 36.9. The van der Waals surface area contributed by atoms with E-state index in [1.165, 1.54) is 37.7 Å². The van der Waals surface area contributed by atoms with Crippen LogP contribution in [0.1, 0.15) is 133 Å². The number of pyridine rings is 2. The molecule has 3 heterocycles. The summed E-state index contributed by atoms with van der Waals surface area (Å²) in [7, 11) is 0. The Morgan fingerprint density at radius 2 is 1.56 bits per heavy atom. The summed E-state index contributed by atoms with van der Waals surface area (Å²) in [5.74, 6) is 2.44. The smallest absolute Gasteiger partial charge is 0.335 e. The number of hydrogen-bond donors (Lipinski definition) is 1. The molecule has 9 atom stereocenters. The van der Waals surface area contributed by atoms with Gasteiger partial charge in [-0.2, -0.15) is 0 Å². The number of aromatic nitrogens is 3. The molecule has 0 spiro atoms. The second-order valence-electron chi connectivity index (χ2n) is 20.6. The van der Waals surface area contributed by atoms with Crippen molar-refractivity contribution in [1.82, 2.24) is 15.0 Å². The highest BCUT2D eigenvalue weighted by atomic mass is 32.1. The molecule has 0 aliphatic heterocycles. The molecule has 5 aliphatic rings. The molecule has 3 aromatic heterocycles. The van der Waals surface area contributed by atoms with Gasteiger partial charge in [-0.25, -0.2) is 9.78 Å². The first-order valence-corrected chi connectivity index (χ1v) is 23.2. The average Bonchev–Trinajstić information content (AvgIpc) is 3.87. The molecule has 4 fully saturated rings. The monoisotopic (exact) mass is 810 g/mol. The van der Waals surface area contributed by atoms with Crippen molar-refractivity contribution in [3.05, 3.63) is 101 Å². The highest BCUT2D eigenvalue weighted by molar-refractivity contribution is 7.14. The third-order valence-corrected chi connectivity index (χ3v) is 18.6. The van der Waals surface area contributed by atoms with Crippen LogP contribution in [0.25, 0.3) is 17.0 Å². The zero-order valence-electron chi connectivity index (χ0n) is 36.1. The van der Waals surface area contributed by atoms with E-state index in [9.17, 15) is 14.7 Å². The van der Waals surface area contributed by atoms with Gasteiger partial charge in [0, 0.05) is 23.3 Å². The van der Waals surface area contributed by atoms with Crippen LogP contribution in [-0.4, -0.2) is 43.9 Å². The molecule has 0 unspecified atom stereocenters. The SMILES string of the molecule is CC(C)[C@@H]1CC[C@]2(N(CC(=O)c3ccccn3)c3nc(-c4ccccn4)cs3)CC[C@]3(C)[C@H](CC[C@@H]4[C@@]5(C)CC=C(c6ccc(C(=O)O)cc6)C(C)(C)[C@@H]5CC[C@]43C)[C@@H]12. The Morgan fingerprint density at radius 3 is 2.24 bits per heavy atom. The van der Waals surface area contributed by atoms with Crippen molar-refractivity contribution in [3.63, 3.8) is 0 Å². The number of aromatic carboxylic acids is 1. The maximum Gasteiger partial charge on any atom is 0.335 e. The highest BCUT2D eigenvalue weighted by Crippen LogP contribution is 2.77. The van der Waals surface area contributed by atoms with Crippen LogP contribution in [0.5, 0.6) is 0 Å². The van der Waals surface area contributed by atoms with Crippen molar-refractivity contribution < 1.29 is 14.7 Å². The van der Waals surface area contributed by atoms with Gasteiger partial charge >= 0.3 is 5.97 Å². The molecule has 4 aromatic rings. The highest BCUT2D eigenvalue weighted by Gasteiger charge is 2.71. The number of carboxylic acid groups (broad SMARTS) is 1. The van der Waals surface area contributed by atoms with Gasteiger partial charge in [0.15, 0.2) is 10.9 Å². The van der Waals surface area contributed by atoms with Gasteiger partial charge < -0.3 is 10.0 Å². The van der Waals surface area contributed by atoms with Crippen LogP contribution in [0.4, 0.5) is 5.13 Å². The Kier molecular flexibility index (Phi) is 9.88. The molecule has 8 heteroatoms. The minimum absolute atomic E-state index is 0.0325. The fourth-order valence-electron chi connectivity index (χ4n) is 14.9. The fraction of sp³-hybridized carbons (Fsp3) is 0.549. The van der Waals surface area contributed by atoms with Crippen molar-refractivity contribution in [2.45, 2.75) is 112 Å². The van der Waals surface area contributed by atoms with Gasteiger partial charge in [-0.15, -0.1) is 11.3 Å². The predicted molar refractivity (Wildman–Crippen MR) is 237 cm³/mol. The molecule has 5 aliphatic carbocycles. The van der Waals surface area contributed by atoms with E-state index in [-0.39, 0.29) is 39.5 Å². The van der Waals surface area contributed by atoms with E-state index in [0.29, 0.717) is 46.8 Å². The summed E-state index contributed by atoms with van der Waals surface area (Å²) in [5.41, 5.74) is 5.44. The topological polar surface area (TPSA) is 96.3 Å². The first-order valence-electron chi connectivity index (χ1n) is 22.3. The minimum Gasteiger partial charge on any atom is -0.478 e. The third kappa shape index (κ3) is 6.11. The zero-order chi connectivity index (χ0) is 41.5. The summed E-state index contributed by atoms with van der Waals surface area (Å²) < 4.78 is 0. The quantitative estimate of drug-likeness (QED) is 0.168. The number of rotatable bonds is 9. The van der Waals surface area contributed by atoms with Crippen LogP contribution in [0.15, 0.2) is 84.5 Å². The molecule has 310 valence electrons. The Labute approximate surface area is 355 Å². The summed E-state index contributed by atoms with van der Waals surface area (Å²) >= 11 is 1.67. The lowest BCUT2D eigenvalue weighted by Crippen LogP contribution is -2.69. The number of fused-ring (bicyclic) bond motifs is 7. The summed E-state index contributed by atoms with van der Waals surface area (Å²) in [6.07, 6.45) is 16.5. The number of nitrogens with zero attached hydrogens (tertiary/aromatic N) is 4. The lowest BCUT2D eigenvalue weighted by Gasteiger charge is -2.73. The molecule has 9 rings (SSSR count). The fourth-order valence-corrected chi connectivity index (χ4v) is 15.8. The van der Waals surface area contributed by atoms with Crippen molar-refractivity contribution in [3.8, 4) is 11.4 Å². The van der Waals surface area contributed by atoms with E-state index >= 15 is 0 Å². The van der Waals surface area contributed by atoms with Gasteiger partial charge in [0.25, 0.3) is 0 Å². The van der Waals surface area contributed by atoms with Gasteiger partial charge in [-0.1, -0.05) is 78.8 Å². The lowest BCUT2D eigenvalue weighted by molar-refractivity contribution is -0.219. The van der Waals surface area contributed by atoms with Crippen molar-refractivity contribution >= 4 is 33.8 Å². The maximum atomic E-state index is 14.3. The Bertz CT molecular complexity index is 2250. The number of carbonyl (C=O) groups is 2. The average molecular weight is 811 g/mol. The Hall–Kier alpha value is -4.17. The molecular weight excluding hydrogens is 749 g/mol. The Balaban J connectivity index is 1.09. The van der Waals surface area contributed by atoms with Crippen LogP contribution in [0.3, 0.4) is 0 Å². The lowest BCUT2D eigenvalue weighted by atomic mass is 9.32. The molecule has 1 aromatic carbocycles. The molecule has 0 amide bonds. The number of carboxylic acids is 1. The summed E-state index contributed by atoms with van der Waals surface area (Å²) in [6.45, 7) is 18.1. The van der Waals surface area contributed by atoms with Crippen LogP contribution in [0, 0.1) is 57.2 Å².